The summed E-state index contributed by atoms with van der Waals surface area (Å²) >= 11 is 12.0. The summed E-state index contributed by atoms with van der Waals surface area (Å²) in [4.78, 5) is 16.7. The summed E-state index contributed by atoms with van der Waals surface area (Å²) in [7, 11) is -3.59. The largest absolute Gasteiger partial charge is 0.322 e. The van der Waals surface area contributed by atoms with Crippen LogP contribution < -0.4 is 9.62 Å². The fraction of sp³-hybridized carbons (Fsp3) is 0.111. The second-order valence-corrected chi connectivity index (χ2v) is 11.0. The number of hydrogen-bond acceptors (Lipinski definition) is 4. The van der Waals surface area contributed by atoms with Crippen molar-refractivity contribution in [1.82, 2.24) is 4.98 Å². The highest BCUT2D eigenvalue weighted by Crippen LogP contribution is 2.29. The van der Waals surface area contributed by atoms with Crippen LogP contribution in [0.1, 0.15) is 27.0 Å². The summed E-state index contributed by atoms with van der Waals surface area (Å²) < 4.78 is 26.1. The summed E-state index contributed by atoms with van der Waals surface area (Å²) in [6, 6.07) is 23.1. The smallest absolute Gasteiger partial charge is 0.255 e. The van der Waals surface area contributed by atoms with E-state index in [0.717, 1.165) is 23.8 Å². The Morgan fingerprint density at radius 3 is 2.06 bits per heavy atom. The van der Waals surface area contributed by atoms with Gasteiger partial charge >= 0.3 is 0 Å². The molecule has 9 heteroatoms. The number of nitrogens with zero attached hydrogens (tertiary/aromatic N) is 2. The lowest BCUT2D eigenvalue weighted by atomic mass is 10.1. The summed E-state index contributed by atoms with van der Waals surface area (Å²) in [6.07, 6.45) is 5.44. The number of halogens is 2. The summed E-state index contributed by atoms with van der Waals surface area (Å²) in [5.74, 6) is -0.257. The van der Waals surface area contributed by atoms with E-state index in [1.165, 1.54) is 10.4 Å². The van der Waals surface area contributed by atoms with Gasteiger partial charge in [-0.1, -0.05) is 47.5 Å². The zero-order valence-corrected chi connectivity index (χ0v) is 21.7. The van der Waals surface area contributed by atoms with Crippen LogP contribution in [0.4, 0.5) is 11.4 Å². The maximum absolute atomic E-state index is 12.7. The van der Waals surface area contributed by atoms with Gasteiger partial charge in [0.25, 0.3) is 5.91 Å². The Balaban J connectivity index is 1.42. The summed E-state index contributed by atoms with van der Waals surface area (Å²) in [5.41, 5.74) is 4.55. The van der Waals surface area contributed by atoms with Gasteiger partial charge in [-0.25, -0.2) is 8.42 Å². The molecule has 1 heterocycles. The van der Waals surface area contributed by atoms with Crippen molar-refractivity contribution in [2.24, 2.45) is 0 Å². The number of amides is 1. The number of sulfonamides is 1. The second kappa shape index (κ2) is 11.1. The Bertz CT molecular complexity index is 1460. The predicted octanol–water partition coefficient (Wildman–Crippen LogP) is 6.20. The number of benzene rings is 3. The minimum Gasteiger partial charge on any atom is -0.322 e. The second-order valence-electron chi connectivity index (χ2n) is 8.25. The lowest BCUT2D eigenvalue weighted by molar-refractivity contribution is 0.102. The van der Waals surface area contributed by atoms with Crippen molar-refractivity contribution in [3.63, 3.8) is 0 Å². The lowest BCUT2D eigenvalue weighted by Crippen LogP contribution is -2.29. The number of carbonyl (C=O) groups excluding carboxylic acids is 1. The minimum absolute atomic E-state index is 0.0810. The molecule has 1 aromatic heterocycles. The molecule has 0 aliphatic rings. The van der Waals surface area contributed by atoms with Crippen LogP contribution in [0.3, 0.4) is 0 Å². The average Bonchev–Trinajstić information content (AvgIpc) is 2.86. The van der Waals surface area contributed by atoms with Crippen molar-refractivity contribution >= 4 is 50.5 Å². The van der Waals surface area contributed by atoms with Gasteiger partial charge in [0.15, 0.2) is 0 Å². The molecule has 1 N–H and O–H groups in total. The Morgan fingerprint density at radius 1 is 0.833 bits per heavy atom. The summed E-state index contributed by atoms with van der Waals surface area (Å²) in [5, 5.41) is 3.49. The van der Waals surface area contributed by atoms with E-state index in [1.54, 1.807) is 48.8 Å². The van der Waals surface area contributed by atoms with Crippen LogP contribution in [-0.2, 0) is 23.0 Å². The first-order valence-electron chi connectivity index (χ1n) is 11.0. The van der Waals surface area contributed by atoms with Crippen LogP contribution in [0.25, 0.3) is 0 Å². The van der Waals surface area contributed by atoms with Gasteiger partial charge in [-0.05, 0) is 77.7 Å². The fourth-order valence-electron chi connectivity index (χ4n) is 3.61. The number of pyridine rings is 1. The molecule has 36 heavy (non-hydrogen) atoms. The van der Waals surface area contributed by atoms with Crippen LogP contribution in [-0.4, -0.2) is 25.6 Å². The molecule has 6 nitrogen and oxygen atoms in total. The predicted molar refractivity (Wildman–Crippen MR) is 145 cm³/mol. The van der Waals surface area contributed by atoms with Gasteiger partial charge in [0.1, 0.15) is 0 Å². The van der Waals surface area contributed by atoms with Gasteiger partial charge in [-0.3, -0.25) is 14.1 Å². The monoisotopic (exact) mass is 539 g/mol. The van der Waals surface area contributed by atoms with Crippen LogP contribution in [0.5, 0.6) is 0 Å². The third kappa shape index (κ3) is 6.63. The molecule has 0 atom stereocenters. The normalized spacial score (nSPS) is 11.2. The molecule has 0 radical (unpaired) electrons. The molecule has 3 aromatic carbocycles. The molecule has 0 saturated carbocycles. The van der Waals surface area contributed by atoms with E-state index < -0.39 is 10.0 Å². The fourth-order valence-corrected chi connectivity index (χ4v) is 4.79. The van der Waals surface area contributed by atoms with Crippen LogP contribution in [0, 0.1) is 0 Å². The van der Waals surface area contributed by atoms with Crippen LogP contribution in [0.2, 0.25) is 10.0 Å². The first kappa shape index (κ1) is 25.7. The third-order valence-corrected chi connectivity index (χ3v) is 7.38. The lowest BCUT2D eigenvalue weighted by Gasteiger charge is -2.23. The van der Waals surface area contributed by atoms with Gasteiger partial charge in [0, 0.05) is 23.6 Å². The maximum atomic E-state index is 12.7. The highest BCUT2D eigenvalue weighted by atomic mass is 35.5. The molecular weight excluding hydrogens is 517 g/mol. The molecule has 0 bridgehead atoms. The van der Waals surface area contributed by atoms with E-state index in [2.05, 4.69) is 10.3 Å². The number of nitrogens with one attached hydrogen (secondary N) is 1. The average molecular weight is 540 g/mol. The van der Waals surface area contributed by atoms with E-state index in [-0.39, 0.29) is 17.5 Å². The molecule has 4 rings (SSSR count). The summed E-state index contributed by atoms with van der Waals surface area (Å²) in [6.45, 7) is 0.0810. The molecule has 0 aliphatic carbocycles. The standard InChI is InChI=1S/C27H23Cl2N3O3S/c1-36(34,35)32(24-10-11-25(28)26(29)17-24)18-21-2-6-22(7-3-21)27(33)31-23-8-4-19(5-9-23)16-20-12-14-30-15-13-20/h2-15,17H,16,18H2,1H3,(H,31,33). The van der Waals surface area contributed by atoms with Gasteiger partial charge < -0.3 is 5.32 Å². The molecule has 0 saturated heterocycles. The molecular formula is C27H23Cl2N3O3S. The first-order chi connectivity index (χ1) is 17.2. The number of aromatic nitrogens is 1. The van der Waals surface area contributed by atoms with Crippen molar-refractivity contribution in [3.05, 3.63) is 124 Å². The van der Waals surface area contributed by atoms with Crippen molar-refractivity contribution in [3.8, 4) is 0 Å². The Labute approximate surface area is 220 Å². The molecule has 1 amide bonds. The maximum Gasteiger partial charge on any atom is 0.255 e. The molecule has 4 aromatic rings. The third-order valence-electron chi connectivity index (χ3n) is 5.50. The topological polar surface area (TPSA) is 79.4 Å². The first-order valence-corrected chi connectivity index (χ1v) is 13.6. The molecule has 0 fully saturated rings. The highest BCUT2D eigenvalue weighted by molar-refractivity contribution is 7.92. The SMILES string of the molecule is CS(=O)(=O)N(Cc1ccc(C(=O)Nc2ccc(Cc3ccncc3)cc2)cc1)c1ccc(Cl)c(Cl)c1. The number of carbonyl (C=O) groups is 1. The quantitative estimate of drug-likeness (QED) is 0.289. The van der Waals surface area contributed by atoms with Gasteiger partial charge in [-0.15, -0.1) is 0 Å². The number of anilines is 2. The van der Waals surface area contributed by atoms with Crippen molar-refractivity contribution < 1.29 is 13.2 Å². The van der Waals surface area contributed by atoms with Gasteiger partial charge in [0.05, 0.1) is 28.5 Å². The van der Waals surface area contributed by atoms with Crippen LogP contribution in [0.15, 0.2) is 91.3 Å². The zero-order valence-electron chi connectivity index (χ0n) is 19.4. The van der Waals surface area contributed by atoms with Crippen LogP contribution >= 0.6 is 23.2 Å². The minimum atomic E-state index is -3.59. The van der Waals surface area contributed by atoms with E-state index in [0.29, 0.717) is 27.5 Å². The van der Waals surface area contributed by atoms with E-state index in [1.807, 2.05) is 36.4 Å². The molecule has 0 spiro atoms. The Morgan fingerprint density at radius 2 is 1.44 bits per heavy atom. The van der Waals surface area contributed by atoms with Gasteiger partial charge in [0.2, 0.25) is 10.0 Å². The van der Waals surface area contributed by atoms with E-state index in [9.17, 15) is 13.2 Å². The zero-order chi connectivity index (χ0) is 25.7. The molecule has 184 valence electrons. The van der Waals surface area contributed by atoms with Gasteiger partial charge in [-0.2, -0.15) is 0 Å². The van der Waals surface area contributed by atoms with Crippen molar-refractivity contribution in [1.29, 1.82) is 0 Å². The van der Waals surface area contributed by atoms with Crippen molar-refractivity contribution in [2.75, 3.05) is 15.9 Å². The Hall–Kier alpha value is -3.39. The number of hydrogen-bond donors (Lipinski definition) is 1. The highest BCUT2D eigenvalue weighted by Gasteiger charge is 2.19. The molecule has 0 aliphatic heterocycles. The molecule has 0 unspecified atom stereocenters. The van der Waals surface area contributed by atoms with E-state index in [4.69, 9.17) is 23.2 Å². The van der Waals surface area contributed by atoms with Crippen molar-refractivity contribution in [2.45, 2.75) is 13.0 Å². The Kier molecular flexibility index (Phi) is 7.94. The number of rotatable bonds is 8. The van der Waals surface area contributed by atoms with E-state index >= 15 is 0 Å².